The molecule has 2 rings (SSSR count). The Balaban J connectivity index is 0.000000240. The number of nitrogens with zero attached hydrogens (tertiary/aromatic N) is 4. The van der Waals surface area contributed by atoms with E-state index in [9.17, 15) is 20.2 Å². The molecule has 0 saturated heterocycles. The van der Waals surface area contributed by atoms with Crippen LogP contribution in [0.15, 0.2) is 24.3 Å². The second-order valence-electron chi connectivity index (χ2n) is 4.43. The van der Waals surface area contributed by atoms with Crippen molar-refractivity contribution in [2.24, 2.45) is 0 Å². The molecule has 0 fully saturated rings. The molecule has 0 aliphatic heterocycles. The van der Waals surface area contributed by atoms with Crippen LogP contribution in [0.2, 0.25) is 0 Å². The average molecular weight is 336 g/mol. The Bertz CT molecular complexity index is 687. The maximum Gasteiger partial charge on any atom is 0.290 e. The van der Waals surface area contributed by atoms with Crippen molar-refractivity contribution in [3.63, 3.8) is 0 Å². The molecule has 128 valence electrons. The van der Waals surface area contributed by atoms with Gasteiger partial charge in [-0.3, -0.25) is 20.2 Å². The van der Waals surface area contributed by atoms with Gasteiger partial charge in [-0.1, -0.05) is 0 Å². The highest BCUT2D eigenvalue weighted by Crippen LogP contribution is 2.19. The van der Waals surface area contributed by atoms with Gasteiger partial charge in [0.2, 0.25) is 11.8 Å². The van der Waals surface area contributed by atoms with E-state index < -0.39 is 9.85 Å². The standard InChI is InChI=1S/2C7H8N2O3/c2*1-5-6(9(10)11)3-4-7(8-5)12-2/h2*3-4H,1-2H3. The topological polar surface area (TPSA) is 131 Å². The number of pyridine rings is 2. The van der Waals surface area contributed by atoms with Crippen LogP contribution < -0.4 is 9.47 Å². The molecule has 0 radical (unpaired) electrons. The predicted molar refractivity (Wildman–Crippen MR) is 84.4 cm³/mol. The predicted octanol–water partition coefficient (Wildman–Crippen LogP) is 2.61. The molecule has 24 heavy (non-hydrogen) atoms. The summed E-state index contributed by atoms with van der Waals surface area (Å²) in [5, 5.41) is 20.7. The summed E-state index contributed by atoms with van der Waals surface area (Å²) in [6.07, 6.45) is 0. The minimum absolute atomic E-state index is 0.0100. The molecule has 0 saturated carbocycles. The zero-order valence-corrected chi connectivity index (χ0v) is 13.5. The largest absolute Gasteiger partial charge is 0.481 e. The molecule has 0 spiro atoms. The molecule has 0 unspecified atom stereocenters. The summed E-state index contributed by atoms with van der Waals surface area (Å²) in [5.41, 5.74) is 0.741. The summed E-state index contributed by atoms with van der Waals surface area (Å²) in [6, 6.07) is 5.68. The van der Waals surface area contributed by atoms with Crippen LogP contribution in [0.4, 0.5) is 11.4 Å². The van der Waals surface area contributed by atoms with Crippen molar-refractivity contribution < 1.29 is 19.3 Å². The molecule has 2 aromatic rings. The lowest BCUT2D eigenvalue weighted by atomic mass is 10.3. The van der Waals surface area contributed by atoms with Crippen LogP contribution in [0.3, 0.4) is 0 Å². The summed E-state index contributed by atoms with van der Waals surface area (Å²) in [7, 11) is 2.93. The van der Waals surface area contributed by atoms with Crippen molar-refractivity contribution in [3.8, 4) is 11.8 Å². The first kappa shape index (κ1) is 18.7. The summed E-state index contributed by atoms with van der Waals surface area (Å²) in [4.78, 5) is 27.4. The number of aryl methyl sites for hydroxylation is 2. The van der Waals surface area contributed by atoms with Crippen molar-refractivity contribution in [2.45, 2.75) is 13.8 Å². The van der Waals surface area contributed by atoms with E-state index in [2.05, 4.69) is 9.97 Å². The van der Waals surface area contributed by atoms with E-state index in [0.29, 0.717) is 23.1 Å². The van der Waals surface area contributed by atoms with E-state index in [0.717, 1.165) is 0 Å². The Labute approximate surface area is 137 Å². The van der Waals surface area contributed by atoms with E-state index >= 15 is 0 Å². The molecule has 10 nitrogen and oxygen atoms in total. The molecule has 0 N–H and O–H groups in total. The molecular formula is C14H16N4O6. The molecular weight excluding hydrogens is 320 g/mol. The molecule has 2 aromatic heterocycles. The molecule has 0 aliphatic rings. The number of ether oxygens (including phenoxy) is 2. The Kier molecular flexibility index (Phi) is 6.53. The first-order chi connectivity index (χ1) is 11.3. The van der Waals surface area contributed by atoms with Gasteiger partial charge in [-0.2, -0.15) is 0 Å². The minimum atomic E-state index is -0.470. The zero-order valence-electron chi connectivity index (χ0n) is 13.5. The maximum absolute atomic E-state index is 10.3. The van der Waals surface area contributed by atoms with E-state index in [1.54, 1.807) is 13.8 Å². The summed E-state index contributed by atoms with van der Waals surface area (Å²) < 4.78 is 9.59. The third-order valence-corrected chi connectivity index (χ3v) is 2.88. The fraction of sp³-hybridized carbons (Fsp3) is 0.286. The monoisotopic (exact) mass is 336 g/mol. The number of hydrogen-bond acceptors (Lipinski definition) is 8. The van der Waals surface area contributed by atoms with E-state index in [1.165, 1.54) is 38.5 Å². The lowest BCUT2D eigenvalue weighted by molar-refractivity contribution is -0.385. The number of methoxy groups -OCH3 is 2. The Morgan fingerprint density at radius 1 is 0.792 bits per heavy atom. The molecule has 0 atom stereocenters. The molecule has 0 bridgehead atoms. The Hall–Kier alpha value is -3.30. The average Bonchev–Trinajstić information content (AvgIpc) is 2.54. The molecule has 0 aliphatic carbocycles. The van der Waals surface area contributed by atoms with E-state index in [-0.39, 0.29) is 11.4 Å². The first-order valence-electron chi connectivity index (χ1n) is 6.62. The lowest BCUT2D eigenvalue weighted by Gasteiger charge is -1.99. The van der Waals surface area contributed by atoms with Crippen molar-refractivity contribution in [1.29, 1.82) is 0 Å². The highest BCUT2D eigenvalue weighted by Gasteiger charge is 2.12. The van der Waals surface area contributed by atoms with Crippen LogP contribution in [0.25, 0.3) is 0 Å². The molecule has 2 heterocycles. The van der Waals surface area contributed by atoms with Gasteiger partial charge >= 0.3 is 0 Å². The quantitative estimate of drug-likeness (QED) is 0.615. The third kappa shape index (κ3) is 4.87. The van der Waals surface area contributed by atoms with Gasteiger partial charge in [0.25, 0.3) is 11.4 Å². The van der Waals surface area contributed by atoms with Gasteiger partial charge in [-0.05, 0) is 13.8 Å². The van der Waals surface area contributed by atoms with Gasteiger partial charge in [0.05, 0.1) is 24.1 Å². The highest BCUT2D eigenvalue weighted by atomic mass is 16.6. The van der Waals surface area contributed by atoms with Crippen LogP contribution >= 0.6 is 0 Å². The number of rotatable bonds is 4. The van der Waals surface area contributed by atoms with Crippen molar-refractivity contribution in [3.05, 3.63) is 55.9 Å². The van der Waals surface area contributed by atoms with Crippen LogP contribution in [-0.2, 0) is 0 Å². The number of aromatic nitrogens is 2. The van der Waals surface area contributed by atoms with Crippen molar-refractivity contribution in [2.75, 3.05) is 14.2 Å². The Morgan fingerprint density at radius 2 is 1.12 bits per heavy atom. The van der Waals surface area contributed by atoms with E-state index in [4.69, 9.17) is 9.47 Å². The summed E-state index contributed by atoms with van der Waals surface area (Å²) >= 11 is 0. The number of nitro groups is 2. The van der Waals surface area contributed by atoms with Gasteiger partial charge in [0.15, 0.2) is 0 Å². The first-order valence-corrected chi connectivity index (χ1v) is 6.62. The fourth-order valence-corrected chi connectivity index (χ4v) is 1.67. The summed E-state index contributed by atoms with van der Waals surface area (Å²) in [6.45, 7) is 3.14. The van der Waals surface area contributed by atoms with Crippen LogP contribution in [0.5, 0.6) is 11.8 Å². The van der Waals surface area contributed by atoms with Gasteiger partial charge in [-0.25, -0.2) is 9.97 Å². The highest BCUT2D eigenvalue weighted by molar-refractivity contribution is 5.37. The molecule has 0 amide bonds. The van der Waals surface area contributed by atoms with Gasteiger partial charge < -0.3 is 9.47 Å². The van der Waals surface area contributed by atoms with Crippen LogP contribution in [0.1, 0.15) is 11.4 Å². The van der Waals surface area contributed by atoms with Crippen LogP contribution in [0, 0.1) is 34.1 Å². The second-order valence-corrected chi connectivity index (χ2v) is 4.43. The number of hydrogen-bond donors (Lipinski definition) is 0. The SMILES string of the molecule is COc1ccc([N+](=O)[O-])c(C)n1.COc1ccc([N+](=O)[O-])c(C)n1. The van der Waals surface area contributed by atoms with Crippen molar-refractivity contribution in [1.82, 2.24) is 9.97 Å². The van der Waals surface area contributed by atoms with Gasteiger partial charge in [0, 0.05) is 24.3 Å². The second kappa shape index (κ2) is 8.36. The molecule has 0 aromatic carbocycles. The molecule has 10 heteroatoms. The van der Waals surface area contributed by atoms with Crippen molar-refractivity contribution >= 4 is 11.4 Å². The normalized spacial score (nSPS) is 9.50. The maximum atomic E-state index is 10.3. The summed E-state index contributed by atoms with van der Waals surface area (Å²) in [5.74, 6) is 0.774. The zero-order chi connectivity index (χ0) is 18.3. The lowest BCUT2D eigenvalue weighted by Crippen LogP contribution is -1.95. The smallest absolute Gasteiger partial charge is 0.290 e. The Morgan fingerprint density at radius 3 is 1.33 bits per heavy atom. The van der Waals surface area contributed by atoms with Gasteiger partial charge in [-0.15, -0.1) is 0 Å². The fourth-order valence-electron chi connectivity index (χ4n) is 1.67. The van der Waals surface area contributed by atoms with Gasteiger partial charge in [0.1, 0.15) is 11.4 Å². The van der Waals surface area contributed by atoms with Crippen LogP contribution in [-0.4, -0.2) is 34.0 Å². The third-order valence-electron chi connectivity index (χ3n) is 2.88. The van der Waals surface area contributed by atoms with E-state index in [1.807, 2.05) is 0 Å². The minimum Gasteiger partial charge on any atom is -0.481 e.